The summed E-state index contributed by atoms with van der Waals surface area (Å²) >= 11 is 0. The van der Waals surface area contributed by atoms with Crippen LogP contribution < -0.4 is 5.73 Å². The molecule has 0 spiro atoms. The highest BCUT2D eigenvalue weighted by molar-refractivity contribution is 6.21. The summed E-state index contributed by atoms with van der Waals surface area (Å²) in [5, 5.41) is 6.77. The molecule has 0 aromatic rings. The highest BCUT2D eigenvalue weighted by Gasteiger charge is 2.40. The number of halogens is 3. The number of nitrogens with one attached hydrogen (secondary N) is 1. The number of esters is 1. The molecule has 0 amide bonds. The van der Waals surface area contributed by atoms with E-state index in [2.05, 4.69) is 4.74 Å². The maximum atomic E-state index is 12.1. The topological polar surface area (TPSA) is 76.2 Å². The van der Waals surface area contributed by atoms with E-state index in [1.54, 1.807) is 0 Å². The molecule has 0 atom stereocenters. The van der Waals surface area contributed by atoms with Crippen molar-refractivity contribution in [1.82, 2.24) is 0 Å². The molecule has 0 bridgehead atoms. The number of hydrogen-bond acceptors (Lipinski definition) is 4. The third-order valence-electron chi connectivity index (χ3n) is 1.41. The van der Waals surface area contributed by atoms with Crippen LogP contribution in [0.5, 0.6) is 0 Å². The van der Waals surface area contributed by atoms with Gasteiger partial charge in [0.1, 0.15) is 5.57 Å². The van der Waals surface area contributed by atoms with E-state index in [0.29, 0.717) is 0 Å². The minimum absolute atomic E-state index is 0.0826. The molecule has 0 aliphatic carbocycles. The Morgan fingerprint density at radius 3 is 2.20 bits per heavy atom. The summed E-state index contributed by atoms with van der Waals surface area (Å²) in [5.74, 6) is -1.24. The molecule has 0 fully saturated rings. The quantitative estimate of drug-likeness (QED) is 0.431. The van der Waals surface area contributed by atoms with E-state index in [0.717, 1.165) is 6.92 Å². The number of ether oxygens (including phenoxy) is 1. The Hall–Kier alpha value is -1.53. The van der Waals surface area contributed by atoms with Gasteiger partial charge in [-0.05, 0) is 13.8 Å². The Bertz CT molecular complexity index is 303. The van der Waals surface area contributed by atoms with Crippen LogP contribution in [0.25, 0.3) is 0 Å². The molecule has 0 saturated heterocycles. The van der Waals surface area contributed by atoms with E-state index in [-0.39, 0.29) is 6.61 Å². The first-order valence-corrected chi connectivity index (χ1v) is 4.01. The number of rotatable bonds is 3. The fourth-order valence-corrected chi connectivity index (χ4v) is 0.805. The lowest BCUT2D eigenvalue weighted by atomic mass is 10.1. The molecule has 0 aliphatic rings. The van der Waals surface area contributed by atoms with Crippen molar-refractivity contribution in [2.75, 3.05) is 6.61 Å². The van der Waals surface area contributed by atoms with E-state index < -0.39 is 29.1 Å². The highest BCUT2D eigenvalue weighted by atomic mass is 19.4. The molecule has 0 heterocycles. The highest BCUT2D eigenvalue weighted by Crippen LogP contribution is 2.22. The fourth-order valence-electron chi connectivity index (χ4n) is 0.805. The zero-order valence-electron chi connectivity index (χ0n) is 8.23. The predicted octanol–water partition coefficient (Wildman–Crippen LogP) is 1.36. The first kappa shape index (κ1) is 13.5. The molecule has 0 unspecified atom stereocenters. The lowest BCUT2D eigenvalue weighted by molar-refractivity contribution is -0.138. The van der Waals surface area contributed by atoms with Crippen molar-refractivity contribution in [3.05, 3.63) is 11.3 Å². The molecule has 15 heavy (non-hydrogen) atoms. The van der Waals surface area contributed by atoms with E-state index >= 15 is 0 Å². The number of nitrogens with two attached hydrogens (primary N) is 1. The first-order valence-electron chi connectivity index (χ1n) is 4.01. The van der Waals surface area contributed by atoms with Gasteiger partial charge in [-0.25, -0.2) is 4.79 Å². The minimum Gasteiger partial charge on any atom is -0.462 e. The molecule has 0 aliphatic heterocycles. The fraction of sp³-hybridized carbons (Fsp3) is 0.500. The van der Waals surface area contributed by atoms with Crippen LogP contribution in [0.4, 0.5) is 13.2 Å². The van der Waals surface area contributed by atoms with Gasteiger partial charge in [-0.3, -0.25) is 5.41 Å². The van der Waals surface area contributed by atoms with Gasteiger partial charge in [0.15, 0.2) is 5.71 Å². The van der Waals surface area contributed by atoms with E-state index in [1.165, 1.54) is 6.92 Å². The summed E-state index contributed by atoms with van der Waals surface area (Å²) in [6, 6.07) is 0. The summed E-state index contributed by atoms with van der Waals surface area (Å²) in [6.07, 6.45) is -4.91. The zero-order valence-corrected chi connectivity index (χ0v) is 8.23. The van der Waals surface area contributed by atoms with Crippen molar-refractivity contribution in [2.24, 2.45) is 5.73 Å². The maximum Gasteiger partial charge on any atom is 0.433 e. The molecule has 3 N–H and O–H groups in total. The normalized spacial score (nSPS) is 13.1. The van der Waals surface area contributed by atoms with Gasteiger partial charge in [0, 0.05) is 5.70 Å². The monoisotopic (exact) mass is 224 g/mol. The van der Waals surface area contributed by atoms with Crippen LogP contribution in [-0.4, -0.2) is 24.5 Å². The van der Waals surface area contributed by atoms with Gasteiger partial charge < -0.3 is 10.5 Å². The van der Waals surface area contributed by atoms with Gasteiger partial charge in [0.25, 0.3) is 0 Å². The summed E-state index contributed by atoms with van der Waals surface area (Å²) < 4.78 is 40.8. The summed E-state index contributed by atoms with van der Waals surface area (Å²) in [4.78, 5) is 11.1. The predicted molar refractivity (Wildman–Crippen MR) is 47.3 cm³/mol. The van der Waals surface area contributed by atoms with Crippen molar-refractivity contribution in [2.45, 2.75) is 20.0 Å². The molecule has 86 valence electrons. The van der Waals surface area contributed by atoms with Crippen LogP contribution in [0.1, 0.15) is 13.8 Å². The van der Waals surface area contributed by atoms with Crippen LogP contribution in [-0.2, 0) is 9.53 Å². The summed E-state index contributed by atoms with van der Waals surface area (Å²) in [7, 11) is 0. The average Bonchev–Trinajstić information content (AvgIpc) is 2.02. The van der Waals surface area contributed by atoms with Crippen molar-refractivity contribution >= 4 is 11.7 Å². The van der Waals surface area contributed by atoms with Crippen LogP contribution in [0.3, 0.4) is 0 Å². The summed E-state index contributed by atoms with van der Waals surface area (Å²) in [6.45, 7) is 2.46. The third kappa shape index (κ3) is 3.61. The number of allylic oxidation sites excluding steroid dienone is 1. The lowest BCUT2D eigenvalue weighted by Crippen LogP contribution is -2.30. The van der Waals surface area contributed by atoms with Gasteiger partial charge in [-0.2, -0.15) is 13.2 Å². The number of hydrogen-bond donors (Lipinski definition) is 2. The van der Waals surface area contributed by atoms with Crippen LogP contribution >= 0.6 is 0 Å². The van der Waals surface area contributed by atoms with Crippen molar-refractivity contribution in [1.29, 1.82) is 5.41 Å². The van der Waals surface area contributed by atoms with E-state index in [4.69, 9.17) is 11.1 Å². The molecule has 0 saturated carbocycles. The molecule has 7 heteroatoms. The second-order valence-corrected chi connectivity index (χ2v) is 2.65. The Morgan fingerprint density at radius 2 is 1.93 bits per heavy atom. The molecular formula is C8H11F3N2O2. The number of carbonyl (C=O) groups excluding carboxylic acids is 1. The second-order valence-electron chi connectivity index (χ2n) is 2.65. The van der Waals surface area contributed by atoms with Crippen LogP contribution in [0.15, 0.2) is 11.3 Å². The SMILES string of the molecule is CCOC(=O)C(C(=N)C(F)(F)F)=C(C)N. The Labute approximate surface area is 84.4 Å². The lowest BCUT2D eigenvalue weighted by Gasteiger charge is -2.12. The zero-order chi connectivity index (χ0) is 12.2. The Morgan fingerprint density at radius 1 is 1.47 bits per heavy atom. The second kappa shape index (κ2) is 4.81. The van der Waals surface area contributed by atoms with Gasteiger partial charge in [0.05, 0.1) is 6.61 Å². The molecule has 0 radical (unpaired) electrons. The van der Waals surface area contributed by atoms with Crippen molar-refractivity contribution < 1.29 is 22.7 Å². The Balaban J connectivity index is 5.13. The van der Waals surface area contributed by atoms with Gasteiger partial charge in [-0.1, -0.05) is 0 Å². The number of alkyl halides is 3. The van der Waals surface area contributed by atoms with Gasteiger partial charge >= 0.3 is 12.1 Å². The molecular weight excluding hydrogens is 213 g/mol. The molecule has 0 aromatic heterocycles. The number of carbonyl (C=O) groups is 1. The molecule has 0 aromatic carbocycles. The Kier molecular flexibility index (Phi) is 4.32. The standard InChI is InChI=1S/C8H11F3N2O2/c1-3-15-7(14)5(4(2)12)6(13)8(9,10)11/h13H,3,12H2,1-2H3. The van der Waals surface area contributed by atoms with E-state index in [9.17, 15) is 18.0 Å². The van der Waals surface area contributed by atoms with Crippen LogP contribution in [0, 0.1) is 5.41 Å². The van der Waals surface area contributed by atoms with Crippen molar-refractivity contribution in [3.63, 3.8) is 0 Å². The third-order valence-corrected chi connectivity index (χ3v) is 1.41. The largest absolute Gasteiger partial charge is 0.462 e. The smallest absolute Gasteiger partial charge is 0.433 e. The first-order chi connectivity index (χ1) is 6.71. The summed E-state index contributed by atoms with van der Waals surface area (Å²) in [5.41, 5.74) is 1.98. The average molecular weight is 224 g/mol. The van der Waals surface area contributed by atoms with Gasteiger partial charge in [0.2, 0.25) is 0 Å². The minimum atomic E-state index is -4.91. The molecule has 0 rings (SSSR count). The van der Waals surface area contributed by atoms with E-state index in [1.807, 2.05) is 0 Å². The van der Waals surface area contributed by atoms with Crippen LogP contribution in [0.2, 0.25) is 0 Å². The van der Waals surface area contributed by atoms with Crippen molar-refractivity contribution in [3.8, 4) is 0 Å². The molecule has 4 nitrogen and oxygen atoms in total. The van der Waals surface area contributed by atoms with Gasteiger partial charge in [-0.15, -0.1) is 0 Å². The maximum absolute atomic E-state index is 12.1.